The monoisotopic (exact) mass is 234 g/mol. The van der Waals surface area contributed by atoms with E-state index in [9.17, 15) is 4.79 Å². The van der Waals surface area contributed by atoms with Crippen molar-refractivity contribution in [1.29, 1.82) is 0 Å². The second-order valence-corrected chi connectivity index (χ2v) is 3.42. The van der Waals surface area contributed by atoms with Crippen LogP contribution in [0.15, 0.2) is 29.0 Å². The van der Waals surface area contributed by atoms with Crippen molar-refractivity contribution < 1.29 is 14.5 Å². The maximum atomic E-state index is 10.7. The Labute approximate surface area is 96.2 Å². The molecule has 0 saturated carbocycles. The van der Waals surface area contributed by atoms with Gasteiger partial charge in [0.25, 0.3) is 0 Å². The molecule has 17 heavy (non-hydrogen) atoms. The van der Waals surface area contributed by atoms with Gasteiger partial charge in [0, 0.05) is 12.6 Å². The van der Waals surface area contributed by atoms with E-state index >= 15 is 0 Å². The predicted octanol–water partition coefficient (Wildman–Crippen LogP) is 0.0860. The van der Waals surface area contributed by atoms with Gasteiger partial charge in [-0.2, -0.15) is 0 Å². The zero-order valence-corrected chi connectivity index (χ0v) is 8.78. The number of pyridine rings is 1. The van der Waals surface area contributed by atoms with Gasteiger partial charge >= 0.3 is 5.97 Å². The van der Waals surface area contributed by atoms with Crippen molar-refractivity contribution in [3.05, 3.63) is 30.1 Å². The lowest BCUT2D eigenvalue weighted by Crippen LogP contribution is -2.32. The van der Waals surface area contributed by atoms with Crippen molar-refractivity contribution >= 4 is 5.97 Å². The number of hydrogen-bond acceptors (Lipinski definition) is 6. The van der Waals surface area contributed by atoms with E-state index in [1.54, 1.807) is 24.4 Å². The summed E-state index contributed by atoms with van der Waals surface area (Å²) in [6.45, 7) is 0. The molecule has 0 aliphatic rings. The highest BCUT2D eigenvalue weighted by molar-refractivity contribution is 5.74. The molecule has 2 aromatic heterocycles. The minimum absolute atomic E-state index is 0.0464. The quantitative estimate of drug-likeness (QED) is 0.769. The van der Waals surface area contributed by atoms with Gasteiger partial charge in [0.15, 0.2) is 5.69 Å². The Morgan fingerprint density at radius 3 is 2.94 bits per heavy atom. The first-order chi connectivity index (χ1) is 8.18. The molecular weight excluding hydrogens is 224 g/mol. The van der Waals surface area contributed by atoms with Crippen LogP contribution in [0.5, 0.6) is 0 Å². The SMILES string of the molecule is NC(Cc1nonc1-c1ccccn1)C(=O)O. The molecule has 0 fully saturated rings. The second-order valence-electron chi connectivity index (χ2n) is 3.42. The Kier molecular flexibility index (Phi) is 3.10. The summed E-state index contributed by atoms with van der Waals surface area (Å²) < 4.78 is 4.59. The molecule has 2 rings (SSSR count). The maximum Gasteiger partial charge on any atom is 0.320 e. The van der Waals surface area contributed by atoms with E-state index in [0.29, 0.717) is 17.1 Å². The zero-order chi connectivity index (χ0) is 12.3. The smallest absolute Gasteiger partial charge is 0.320 e. The van der Waals surface area contributed by atoms with Gasteiger partial charge in [0.1, 0.15) is 11.7 Å². The van der Waals surface area contributed by atoms with Crippen LogP contribution in [0.2, 0.25) is 0 Å². The highest BCUT2D eigenvalue weighted by Crippen LogP contribution is 2.18. The van der Waals surface area contributed by atoms with Gasteiger partial charge in [-0.15, -0.1) is 0 Å². The van der Waals surface area contributed by atoms with Crippen LogP contribution in [-0.2, 0) is 11.2 Å². The molecule has 1 unspecified atom stereocenters. The Morgan fingerprint density at radius 1 is 1.47 bits per heavy atom. The van der Waals surface area contributed by atoms with Crippen molar-refractivity contribution in [3.8, 4) is 11.4 Å². The number of hydrogen-bond donors (Lipinski definition) is 2. The molecule has 1 atom stereocenters. The summed E-state index contributed by atoms with van der Waals surface area (Å²) in [6.07, 6.45) is 1.65. The fraction of sp³-hybridized carbons (Fsp3) is 0.200. The molecule has 0 aliphatic heterocycles. The zero-order valence-electron chi connectivity index (χ0n) is 8.78. The van der Waals surface area contributed by atoms with Gasteiger partial charge in [-0.3, -0.25) is 9.78 Å². The van der Waals surface area contributed by atoms with Gasteiger partial charge in [0.05, 0.1) is 5.69 Å². The fourth-order valence-electron chi connectivity index (χ4n) is 1.33. The Hall–Kier alpha value is -2.28. The van der Waals surface area contributed by atoms with Crippen molar-refractivity contribution in [2.45, 2.75) is 12.5 Å². The Morgan fingerprint density at radius 2 is 2.29 bits per heavy atom. The van der Waals surface area contributed by atoms with E-state index in [1.807, 2.05) is 0 Å². The van der Waals surface area contributed by atoms with Gasteiger partial charge in [-0.1, -0.05) is 11.2 Å². The second kappa shape index (κ2) is 4.71. The molecule has 0 aromatic carbocycles. The lowest BCUT2D eigenvalue weighted by Gasteiger charge is -2.03. The van der Waals surface area contributed by atoms with Crippen LogP contribution in [-0.4, -0.2) is 32.4 Å². The number of rotatable bonds is 4. The molecular formula is C10H10N4O3. The summed E-state index contributed by atoms with van der Waals surface area (Å²) >= 11 is 0. The van der Waals surface area contributed by atoms with Crippen molar-refractivity contribution in [3.63, 3.8) is 0 Å². The standard InChI is InChI=1S/C10H10N4O3/c11-6(10(15)16)5-8-9(14-17-13-8)7-3-1-2-4-12-7/h1-4,6H,5,11H2,(H,15,16). The summed E-state index contributed by atoms with van der Waals surface area (Å²) in [5.74, 6) is -1.10. The molecule has 88 valence electrons. The molecule has 3 N–H and O–H groups in total. The van der Waals surface area contributed by atoms with Crippen LogP contribution in [0.3, 0.4) is 0 Å². The number of aromatic nitrogens is 3. The maximum absolute atomic E-state index is 10.7. The molecule has 0 bridgehead atoms. The molecule has 2 aromatic rings. The Bertz CT molecular complexity index is 511. The summed E-state index contributed by atoms with van der Waals surface area (Å²) in [5.41, 5.74) is 6.80. The third-order valence-electron chi connectivity index (χ3n) is 2.19. The van der Waals surface area contributed by atoms with E-state index < -0.39 is 12.0 Å². The van der Waals surface area contributed by atoms with E-state index in [1.165, 1.54) is 0 Å². The molecule has 0 spiro atoms. The third-order valence-corrected chi connectivity index (χ3v) is 2.19. The molecule has 0 saturated heterocycles. The number of aliphatic carboxylic acids is 1. The highest BCUT2D eigenvalue weighted by Gasteiger charge is 2.20. The van der Waals surface area contributed by atoms with Gasteiger partial charge in [-0.05, 0) is 17.3 Å². The van der Waals surface area contributed by atoms with E-state index in [2.05, 4.69) is 19.9 Å². The predicted molar refractivity (Wildman–Crippen MR) is 56.8 cm³/mol. The van der Waals surface area contributed by atoms with Crippen molar-refractivity contribution in [1.82, 2.24) is 15.3 Å². The van der Waals surface area contributed by atoms with Gasteiger partial charge < -0.3 is 10.8 Å². The molecule has 7 nitrogen and oxygen atoms in total. The normalized spacial score (nSPS) is 12.3. The number of carboxylic acids is 1. The topological polar surface area (TPSA) is 115 Å². The largest absolute Gasteiger partial charge is 0.480 e. The van der Waals surface area contributed by atoms with Crippen LogP contribution in [0.4, 0.5) is 0 Å². The molecule has 7 heteroatoms. The molecule has 0 radical (unpaired) electrons. The first-order valence-corrected chi connectivity index (χ1v) is 4.89. The van der Waals surface area contributed by atoms with Crippen molar-refractivity contribution in [2.75, 3.05) is 0 Å². The molecule has 0 aliphatic carbocycles. The first-order valence-electron chi connectivity index (χ1n) is 4.89. The highest BCUT2D eigenvalue weighted by atomic mass is 16.6. The summed E-state index contributed by atoms with van der Waals surface area (Å²) in [4.78, 5) is 14.7. The lowest BCUT2D eigenvalue weighted by molar-refractivity contribution is -0.138. The molecule has 2 heterocycles. The van der Waals surface area contributed by atoms with Crippen LogP contribution in [0.25, 0.3) is 11.4 Å². The average molecular weight is 234 g/mol. The van der Waals surface area contributed by atoms with E-state index in [4.69, 9.17) is 10.8 Å². The van der Waals surface area contributed by atoms with Gasteiger partial charge in [0.2, 0.25) is 0 Å². The van der Waals surface area contributed by atoms with Crippen LogP contribution in [0, 0.1) is 0 Å². The number of carbonyl (C=O) groups is 1. The molecule has 0 amide bonds. The summed E-state index contributed by atoms with van der Waals surface area (Å²) in [7, 11) is 0. The van der Waals surface area contributed by atoms with Crippen LogP contribution < -0.4 is 5.73 Å². The van der Waals surface area contributed by atoms with Crippen LogP contribution in [0.1, 0.15) is 5.69 Å². The number of nitrogens with zero attached hydrogens (tertiary/aromatic N) is 3. The van der Waals surface area contributed by atoms with E-state index in [0.717, 1.165) is 0 Å². The lowest BCUT2D eigenvalue weighted by atomic mass is 10.1. The summed E-state index contributed by atoms with van der Waals surface area (Å²) in [6, 6.07) is 4.25. The van der Waals surface area contributed by atoms with E-state index in [-0.39, 0.29) is 6.42 Å². The fourth-order valence-corrected chi connectivity index (χ4v) is 1.33. The third kappa shape index (κ3) is 2.45. The minimum Gasteiger partial charge on any atom is -0.480 e. The van der Waals surface area contributed by atoms with Crippen molar-refractivity contribution in [2.24, 2.45) is 5.73 Å². The Balaban J connectivity index is 2.26. The number of carboxylic acid groups (broad SMARTS) is 1. The number of nitrogens with two attached hydrogens (primary N) is 1. The van der Waals surface area contributed by atoms with Crippen LogP contribution >= 0.6 is 0 Å². The minimum atomic E-state index is -1.10. The first kappa shape index (κ1) is 11.2. The average Bonchev–Trinajstić information content (AvgIpc) is 2.78. The van der Waals surface area contributed by atoms with Gasteiger partial charge in [-0.25, -0.2) is 4.63 Å². The summed E-state index contributed by atoms with van der Waals surface area (Å²) in [5, 5.41) is 16.1.